The van der Waals surface area contributed by atoms with Crippen molar-refractivity contribution in [3.63, 3.8) is 0 Å². The first-order valence-electron chi connectivity index (χ1n) is 7.30. The molecule has 2 nitrogen and oxygen atoms in total. The van der Waals surface area contributed by atoms with Crippen molar-refractivity contribution in [1.29, 1.82) is 0 Å². The highest BCUT2D eigenvalue weighted by Gasteiger charge is 2.28. The Morgan fingerprint density at radius 2 is 2.05 bits per heavy atom. The van der Waals surface area contributed by atoms with Gasteiger partial charge in [0.1, 0.15) is 0 Å². The van der Waals surface area contributed by atoms with E-state index in [1.54, 1.807) is 0 Å². The lowest BCUT2D eigenvalue weighted by molar-refractivity contribution is 0.0835. The number of rotatable bonds is 4. The molecule has 1 aromatic rings. The summed E-state index contributed by atoms with van der Waals surface area (Å²) in [7, 11) is 0. The van der Waals surface area contributed by atoms with Gasteiger partial charge >= 0.3 is 0 Å². The zero-order chi connectivity index (χ0) is 13.8. The third-order valence-electron chi connectivity index (χ3n) is 4.31. The number of benzene rings is 1. The van der Waals surface area contributed by atoms with Gasteiger partial charge < -0.3 is 5.73 Å². The van der Waals surface area contributed by atoms with E-state index in [-0.39, 0.29) is 0 Å². The van der Waals surface area contributed by atoms with Gasteiger partial charge in [-0.25, -0.2) is 0 Å². The first-order valence-corrected chi connectivity index (χ1v) is 7.68. The van der Waals surface area contributed by atoms with Gasteiger partial charge in [0.15, 0.2) is 0 Å². The Morgan fingerprint density at radius 3 is 2.68 bits per heavy atom. The Labute approximate surface area is 121 Å². The van der Waals surface area contributed by atoms with Crippen molar-refractivity contribution in [2.75, 3.05) is 13.1 Å². The van der Waals surface area contributed by atoms with E-state index in [9.17, 15) is 0 Å². The van der Waals surface area contributed by atoms with E-state index in [2.05, 4.69) is 30.9 Å². The minimum Gasteiger partial charge on any atom is -0.329 e. The highest BCUT2D eigenvalue weighted by molar-refractivity contribution is 6.30. The maximum absolute atomic E-state index is 5.95. The number of nitrogens with two attached hydrogens (primary N) is 1. The van der Waals surface area contributed by atoms with Crippen LogP contribution in [0.25, 0.3) is 0 Å². The normalized spacial score (nSPS) is 26.3. The smallest absolute Gasteiger partial charge is 0.0406 e. The quantitative estimate of drug-likeness (QED) is 0.917. The van der Waals surface area contributed by atoms with Crippen LogP contribution in [0.3, 0.4) is 0 Å². The van der Waals surface area contributed by atoms with Crippen molar-refractivity contribution in [3.05, 3.63) is 34.9 Å². The molecule has 0 aliphatic carbocycles. The SMILES string of the molecule is CC1CCN(C(C)Cc2ccc(Cl)cc2)C(CN)C1. The summed E-state index contributed by atoms with van der Waals surface area (Å²) >= 11 is 5.93. The second-order valence-electron chi connectivity index (χ2n) is 5.94. The lowest BCUT2D eigenvalue weighted by atomic mass is 9.90. The predicted octanol–water partition coefficient (Wildman–Crippen LogP) is 3.33. The Morgan fingerprint density at radius 1 is 1.37 bits per heavy atom. The summed E-state index contributed by atoms with van der Waals surface area (Å²) in [6.45, 7) is 6.60. The van der Waals surface area contributed by atoms with Gasteiger partial charge in [-0.15, -0.1) is 0 Å². The molecular formula is C16H25ClN2. The van der Waals surface area contributed by atoms with E-state index in [4.69, 9.17) is 17.3 Å². The van der Waals surface area contributed by atoms with Gasteiger partial charge in [0, 0.05) is 23.7 Å². The van der Waals surface area contributed by atoms with Crippen molar-refractivity contribution in [3.8, 4) is 0 Å². The van der Waals surface area contributed by atoms with E-state index >= 15 is 0 Å². The van der Waals surface area contributed by atoms with Crippen LogP contribution in [0.5, 0.6) is 0 Å². The van der Waals surface area contributed by atoms with Crippen molar-refractivity contribution >= 4 is 11.6 Å². The average Bonchev–Trinajstić information content (AvgIpc) is 2.41. The van der Waals surface area contributed by atoms with Crippen LogP contribution in [0.4, 0.5) is 0 Å². The van der Waals surface area contributed by atoms with E-state index in [0.717, 1.165) is 23.9 Å². The fraction of sp³-hybridized carbons (Fsp3) is 0.625. The zero-order valence-corrected chi connectivity index (χ0v) is 12.7. The van der Waals surface area contributed by atoms with Gasteiger partial charge in [-0.3, -0.25) is 4.90 Å². The second kappa shape index (κ2) is 6.74. The number of piperidine rings is 1. The predicted molar refractivity (Wildman–Crippen MR) is 82.6 cm³/mol. The van der Waals surface area contributed by atoms with E-state index < -0.39 is 0 Å². The van der Waals surface area contributed by atoms with Crippen LogP contribution in [0, 0.1) is 5.92 Å². The number of hydrogen-bond donors (Lipinski definition) is 1. The van der Waals surface area contributed by atoms with Crippen molar-refractivity contribution in [2.45, 2.75) is 45.2 Å². The number of halogens is 1. The molecule has 1 aromatic carbocycles. The van der Waals surface area contributed by atoms with Gasteiger partial charge in [0.05, 0.1) is 0 Å². The van der Waals surface area contributed by atoms with Crippen LogP contribution in [-0.2, 0) is 6.42 Å². The highest BCUT2D eigenvalue weighted by Crippen LogP contribution is 2.25. The minimum atomic E-state index is 0.544. The average molecular weight is 281 g/mol. The number of hydrogen-bond acceptors (Lipinski definition) is 2. The summed E-state index contributed by atoms with van der Waals surface area (Å²) in [6.07, 6.45) is 3.60. The molecule has 1 fully saturated rings. The van der Waals surface area contributed by atoms with Crippen LogP contribution >= 0.6 is 11.6 Å². The van der Waals surface area contributed by atoms with Gasteiger partial charge in [-0.1, -0.05) is 30.7 Å². The largest absolute Gasteiger partial charge is 0.329 e. The van der Waals surface area contributed by atoms with E-state index in [1.807, 2.05) is 12.1 Å². The molecule has 106 valence electrons. The molecule has 0 saturated carbocycles. The van der Waals surface area contributed by atoms with Crippen molar-refractivity contribution in [1.82, 2.24) is 4.90 Å². The van der Waals surface area contributed by atoms with Crippen molar-refractivity contribution in [2.24, 2.45) is 11.7 Å². The molecule has 3 unspecified atom stereocenters. The van der Waals surface area contributed by atoms with Crippen molar-refractivity contribution < 1.29 is 0 Å². The summed E-state index contributed by atoms with van der Waals surface area (Å²) in [4.78, 5) is 2.59. The van der Waals surface area contributed by atoms with Crippen LogP contribution in [0.15, 0.2) is 24.3 Å². The maximum atomic E-state index is 5.95. The molecule has 0 bridgehead atoms. The molecule has 0 radical (unpaired) electrons. The van der Waals surface area contributed by atoms with E-state index in [1.165, 1.54) is 24.9 Å². The third-order valence-corrected chi connectivity index (χ3v) is 4.56. The number of nitrogens with zero attached hydrogens (tertiary/aromatic N) is 1. The first-order chi connectivity index (χ1) is 9.10. The van der Waals surface area contributed by atoms with E-state index in [0.29, 0.717) is 12.1 Å². The minimum absolute atomic E-state index is 0.544. The summed E-state index contributed by atoms with van der Waals surface area (Å²) in [5, 5.41) is 0.808. The summed E-state index contributed by atoms with van der Waals surface area (Å²) in [6, 6.07) is 9.30. The van der Waals surface area contributed by atoms with Gasteiger partial charge in [0.2, 0.25) is 0 Å². The standard InChI is InChI=1S/C16H25ClN2/c1-12-7-8-19(16(9-12)11-18)13(2)10-14-3-5-15(17)6-4-14/h3-6,12-13,16H,7-11,18H2,1-2H3. The topological polar surface area (TPSA) is 29.3 Å². The van der Waals surface area contributed by atoms with Crippen LogP contribution < -0.4 is 5.73 Å². The molecule has 3 atom stereocenters. The first kappa shape index (κ1) is 14.8. The lowest BCUT2D eigenvalue weighted by Gasteiger charge is -2.41. The molecule has 3 heteroatoms. The Hall–Kier alpha value is -0.570. The molecular weight excluding hydrogens is 256 g/mol. The Bertz CT molecular complexity index is 390. The second-order valence-corrected chi connectivity index (χ2v) is 6.37. The molecule has 2 N–H and O–H groups in total. The highest BCUT2D eigenvalue weighted by atomic mass is 35.5. The van der Waals surface area contributed by atoms with Gasteiger partial charge in [-0.2, -0.15) is 0 Å². The fourth-order valence-corrected chi connectivity index (χ4v) is 3.29. The van der Waals surface area contributed by atoms with Gasteiger partial charge in [0.25, 0.3) is 0 Å². The number of likely N-dealkylation sites (tertiary alicyclic amines) is 1. The molecule has 19 heavy (non-hydrogen) atoms. The fourth-order valence-electron chi connectivity index (χ4n) is 3.16. The summed E-state index contributed by atoms with van der Waals surface area (Å²) < 4.78 is 0. The third kappa shape index (κ3) is 3.95. The van der Waals surface area contributed by atoms with Crippen LogP contribution in [0.2, 0.25) is 5.02 Å². The Balaban J connectivity index is 1.98. The molecule has 1 heterocycles. The van der Waals surface area contributed by atoms with Crippen LogP contribution in [0.1, 0.15) is 32.3 Å². The molecule has 0 amide bonds. The van der Waals surface area contributed by atoms with Crippen LogP contribution in [-0.4, -0.2) is 30.1 Å². The lowest BCUT2D eigenvalue weighted by Crippen LogP contribution is -2.50. The molecule has 0 spiro atoms. The monoisotopic (exact) mass is 280 g/mol. The molecule has 2 rings (SSSR count). The van der Waals surface area contributed by atoms with Gasteiger partial charge in [-0.05, 0) is 56.3 Å². The molecule has 1 aliphatic heterocycles. The summed E-state index contributed by atoms with van der Waals surface area (Å²) in [5.41, 5.74) is 7.30. The molecule has 1 saturated heterocycles. The zero-order valence-electron chi connectivity index (χ0n) is 12.0. The molecule has 1 aliphatic rings. The Kier molecular flexibility index (Phi) is 5.26. The maximum Gasteiger partial charge on any atom is 0.0406 e. The molecule has 0 aromatic heterocycles. The summed E-state index contributed by atoms with van der Waals surface area (Å²) in [5.74, 6) is 0.813.